The van der Waals surface area contributed by atoms with E-state index in [1.165, 1.54) is 29.7 Å². The summed E-state index contributed by atoms with van der Waals surface area (Å²) in [4.78, 5) is 0. The van der Waals surface area contributed by atoms with Gasteiger partial charge in [-0.05, 0) is 54.0 Å². The molecule has 0 radical (unpaired) electrons. The highest BCUT2D eigenvalue weighted by Crippen LogP contribution is 2.26. The predicted octanol–water partition coefficient (Wildman–Crippen LogP) is 3.70. The summed E-state index contributed by atoms with van der Waals surface area (Å²) in [6.45, 7) is 0. The molecule has 20 heavy (non-hydrogen) atoms. The van der Waals surface area contributed by atoms with Gasteiger partial charge in [0.15, 0.2) is 0 Å². The maximum atomic E-state index is 13.7. The van der Waals surface area contributed by atoms with Crippen LogP contribution in [-0.2, 0) is 19.3 Å². The van der Waals surface area contributed by atoms with E-state index >= 15 is 0 Å². The van der Waals surface area contributed by atoms with Gasteiger partial charge in [-0.2, -0.15) is 0 Å². The smallest absolute Gasteiger partial charge is 0.129 e. The molecule has 0 heterocycles. The van der Waals surface area contributed by atoms with Crippen molar-refractivity contribution in [2.45, 2.75) is 31.7 Å². The van der Waals surface area contributed by atoms with Crippen molar-refractivity contribution in [1.29, 1.82) is 0 Å². The van der Waals surface area contributed by atoms with Gasteiger partial charge in [-0.25, -0.2) is 8.78 Å². The Labute approximate surface area is 117 Å². The summed E-state index contributed by atoms with van der Waals surface area (Å²) in [5.41, 5.74) is 10.4. The van der Waals surface area contributed by atoms with Gasteiger partial charge in [0.25, 0.3) is 0 Å². The monoisotopic (exact) mass is 273 g/mol. The average Bonchev–Trinajstić information content (AvgIpc) is 2.89. The first-order chi connectivity index (χ1) is 9.63. The molecule has 0 amide bonds. The average molecular weight is 273 g/mol. The lowest BCUT2D eigenvalue weighted by molar-refractivity contribution is 0.563. The fourth-order valence-corrected chi connectivity index (χ4v) is 2.86. The first kappa shape index (κ1) is 13.3. The molecule has 1 aliphatic carbocycles. The van der Waals surface area contributed by atoms with E-state index in [-0.39, 0.29) is 6.04 Å². The zero-order valence-corrected chi connectivity index (χ0v) is 11.2. The molecule has 2 aromatic carbocycles. The second kappa shape index (κ2) is 5.33. The lowest BCUT2D eigenvalue weighted by Crippen LogP contribution is -2.14. The Balaban J connectivity index is 1.80. The van der Waals surface area contributed by atoms with Crippen LogP contribution in [0.15, 0.2) is 36.4 Å². The molecule has 2 N–H and O–H groups in total. The Morgan fingerprint density at radius 3 is 2.60 bits per heavy atom. The molecule has 1 unspecified atom stereocenters. The van der Waals surface area contributed by atoms with Gasteiger partial charge in [0.2, 0.25) is 0 Å². The zero-order chi connectivity index (χ0) is 14.1. The summed E-state index contributed by atoms with van der Waals surface area (Å²) >= 11 is 0. The number of hydrogen-bond acceptors (Lipinski definition) is 1. The van der Waals surface area contributed by atoms with Crippen molar-refractivity contribution >= 4 is 0 Å². The van der Waals surface area contributed by atoms with E-state index in [0.717, 1.165) is 24.5 Å². The van der Waals surface area contributed by atoms with E-state index in [1.807, 2.05) is 6.07 Å². The molecule has 104 valence electrons. The summed E-state index contributed by atoms with van der Waals surface area (Å²) in [6.07, 6.45) is 3.81. The van der Waals surface area contributed by atoms with E-state index in [4.69, 9.17) is 5.73 Å². The van der Waals surface area contributed by atoms with Crippen molar-refractivity contribution in [3.8, 4) is 0 Å². The highest BCUT2D eigenvalue weighted by atomic mass is 19.1. The summed E-state index contributed by atoms with van der Waals surface area (Å²) in [7, 11) is 0. The van der Waals surface area contributed by atoms with Crippen LogP contribution in [0.3, 0.4) is 0 Å². The third kappa shape index (κ3) is 2.59. The van der Waals surface area contributed by atoms with Crippen molar-refractivity contribution in [2.24, 2.45) is 5.73 Å². The Hall–Kier alpha value is -1.74. The van der Waals surface area contributed by atoms with E-state index in [9.17, 15) is 8.78 Å². The van der Waals surface area contributed by atoms with Gasteiger partial charge in [-0.15, -0.1) is 0 Å². The molecule has 0 bridgehead atoms. The molecule has 3 rings (SSSR count). The Morgan fingerprint density at radius 2 is 1.80 bits per heavy atom. The molecule has 1 atom stereocenters. The quantitative estimate of drug-likeness (QED) is 0.906. The zero-order valence-electron chi connectivity index (χ0n) is 11.2. The number of benzene rings is 2. The molecule has 0 fully saturated rings. The molecule has 0 spiro atoms. The van der Waals surface area contributed by atoms with Gasteiger partial charge in [-0.1, -0.05) is 24.3 Å². The highest BCUT2D eigenvalue weighted by molar-refractivity contribution is 5.37. The maximum absolute atomic E-state index is 13.7. The van der Waals surface area contributed by atoms with Gasteiger partial charge < -0.3 is 5.73 Å². The standard InChI is InChI=1S/C17H17F2N/c18-15-7-6-13(16(19)10-15)9-17(20)14-5-4-11-2-1-3-12(11)8-14/h4-8,10,17H,1-3,9,20H2. The molecule has 0 saturated heterocycles. The minimum absolute atomic E-state index is 0.263. The van der Waals surface area contributed by atoms with Crippen LogP contribution in [0, 0.1) is 11.6 Å². The fraction of sp³-hybridized carbons (Fsp3) is 0.294. The van der Waals surface area contributed by atoms with Crippen LogP contribution in [-0.4, -0.2) is 0 Å². The van der Waals surface area contributed by atoms with Crippen LogP contribution in [0.1, 0.15) is 34.7 Å². The Kier molecular flexibility index (Phi) is 3.53. The van der Waals surface area contributed by atoms with Crippen LogP contribution < -0.4 is 5.73 Å². The largest absolute Gasteiger partial charge is 0.324 e. The normalized spacial score (nSPS) is 15.2. The number of halogens is 2. The number of rotatable bonds is 3. The molecule has 2 aromatic rings. The second-order valence-electron chi connectivity index (χ2n) is 5.43. The van der Waals surface area contributed by atoms with Crippen LogP contribution in [0.2, 0.25) is 0 Å². The third-order valence-corrected chi connectivity index (χ3v) is 4.01. The molecule has 0 aliphatic heterocycles. The number of aryl methyl sites for hydroxylation is 2. The minimum Gasteiger partial charge on any atom is -0.324 e. The van der Waals surface area contributed by atoms with Gasteiger partial charge in [0, 0.05) is 12.1 Å². The SMILES string of the molecule is NC(Cc1ccc(F)cc1F)c1ccc2c(c1)CCC2. The van der Waals surface area contributed by atoms with Crippen LogP contribution >= 0.6 is 0 Å². The van der Waals surface area contributed by atoms with Gasteiger partial charge >= 0.3 is 0 Å². The third-order valence-electron chi connectivity index (χ3n) is 4.01. The first-order valence-corrected chi connectivity index (χ1v) is 6.94. The van der Waals surface area contributed by atoms with Gasteiger partial charge in [-0.3, -0.25) is 0 Å². The summed E-state index contributed by atoms with van der Waals surface area (Å²) in [6, 6.07) is 9.67. The maximum Gasteiger partial charge on any atom is 0.129 e. The molecule has 0 aromatic heterocycles. The van der Waals surface area contributed by atoms with Crippen LogP contribution in [0.4, 0.5) is 8.78 Å². The van der Waals surface area contributed by atoms with Crippen molar-refractivity contribution in [3.05, 3.63) is 70.3 Å². The Bertz CT molecular complexity index is 637. The predicted molar refractivity (Wildman–Crippen MR) is 75.5 cm³/mol. The topological polar surface area (TPSA) is 26.0 Å². The highest BCUT2D eigenvalue weighted by Gasteiger charge is 2.15. The summed E-state index contributed by atoms with van der Waals surface area (Å²) < 4.78 is 26.5. The van der Waals surface area contributed by atoms with Crippen molar-refractivity contribution < 1.29 is 8.78 Å². The lowest BCUT2D eigenvalue weighted by Gasteiger charge is -2.14. The van der Waals surface area contributed by atoms with E-state index in [2.05, 4.69) is 12.1 Å². The molecular formula is C17H17F2N. The molecule has 3 heteroatoms. The fourth-order valence-electron chi connectivity index (χ4n) is 2.86. The molecule has 1 nitrogen and oxygen atoms in total. The summed E-state index contributed by atoms with van der Waals surface area (Å²) in [5, 5.41) is 0. The van der Waals surface area contributed by atoms with Gasteiger partial charge in [0.1, 0.15) is 11.6 Å². The first-order valence-electron chi connectivity index (χ1n) is 6.94. The van der Waals surface area contributed by atoms with Crippen molar-refractivity contribution in [2.75, 3.05) is 0 Å². The van der Waals surface area contributed by atoms with E-state index in [0.29, 0.717) is 12.0 Å². The lowest BCUT2D eigenvalue weighted by atomic mass is 9.96. The van der Waals surface area contributed by atoms with Crippen LogP contribution in [0.5, 0.6) is 0 Å². The number of nitrogens with two attached hydrogens (primary N) is 1. The van der Waals surface area contributed by atoms with Crippen molar-refractivity contribution in [1.82, 2.24) is 0 Å². The van der Waals surface area contributed by atoms with Crippen molar-refractivity contribution in [3.63, 3.8) is 0 Å². The van der Waals surface area contributed by atoms with E-state index in [1.54, 1.807) is 0 Å². The summed E-state index contributed by atoms with van der Waals surface area (Å²) in [5.74, 6) is -1.08. The Morgan fingerprint density at radius 1 is 1.00 bits per heavy atom. The molecule has 1 aliphatic rings. The minimum atomic E-state index is -0.558. The van der Waals surface area contributed by atoms with Crippen LogP contribution in [0.25, 0.3) is 0 Å². The molecular weight excluding hydrogens is 256 g/mol. The molecule has 0 saturated carbocycles. The second-order valence-corrected chi connectivity index (χ2v) is 5.43. The van der Waals surface area contributed by atoms with E-state index < -0.39 is 11.6 Å². The number of fused-ring (bicyclic) bond motifs is 1. The number of hydrogen-bond donors (Lipinski definition) is 1. The van der Waals surface area contributed by atoms with Gasteiger partial charge in [0.05, 0.1) is 0 Å².